The summed E-state index contributed by atoms with van der Waals surface area (Å²) in [6.45, 7) is 8.79. The first-order chi connectivity index (χ1) is 9.22. The number of rotatable bonds is 2. The van der Waals surface area contributed by atoms with Crippen molar-refractivity contribution in [2.75, 3.05) is 0 Å². The van der Waals surface area contributed by atoms with Gasteiger partial charge >= 0.3 is 0 Å². The molecule has 2 bridgehead atoms. The molecule has 0 saturated heterocycles. The predicted molar refractivity (Wildman–Crippen MR) is 80.3 cm³/mol. The van der Waals surface area contributed by atoms with E-state index in [-0.39, 0.29) is 22.5 Å². The summed E-state index contributed by atoms with van der Waals surface area (Å²) in [6, 6.07) is 0. The van der Waals surface area contributed by atoms with Crippen LogP contribution in [-0.2, 0) is 4.79 Å². The number of carbonyl (C=O) groups is 1. The summed E-state index contributed by atoms with van der Waals surface area (Å²) < 4.78 is 0. The van der Waals surface area contributed by atoms with E-state index in [0.717, 1.165) is 25.7 Å². The van der Waals surface area contributed by atoms with Crippen molar-refractivity contribution in [2.24, 2.45) is 22.7 Å². The Morgan fingerprint density at radius 3 is 2.45 bits per heavy atom. The topological polar surface area (TPSA) is 37.3 Å². The highest BCUT2D eigenvalue weighted by Crippen LogP contribution is 2.70. The lowest BCUT2D eigenvalue weighted by molar-refractivity contribution is -0.160. The van der Waals surface area contributed by atoms with Crippen molar-refractivity contribution in [1.82, 2.24) is 0 Å². The number of hydrogen-bond acceptors (Lipinski definition) is 2. The van der Waals surface area contributed by atoms with Crippen molar-refractivity contribution in [3.8, 4) is 0 Å². The standard InChI is InChI=1S/C18H28O2/c1-12-5-7-13(8-6-12)15(19)18(20)11-14-9-10-17(18,4)16(14,2)3/h5,13-14,20H,6-11H2,1-4H3/t13-,14+,17+,18-/m0/s1. The molecule has 1 N–H and O–H groups in total. The Hall–Kier alpha value is -0.630. The van der Waals surface area contributed by atoms with E-state index in [2.05, 4.69) is 33.8 Å². The van der Waals surface area contributed by atoms with Crippen LogP contribution >= 0.6 is 0 Å². The lowest BCUT2D eigenvalue weighted by atomic mass is 9.61. The Balaban J connectivity index is 1.89. The number of Topliss-reactive ketones (excluding diaryl/α,β-unsaturated/α-hetero) is 1. The van der Waals surface area contributed by atoms with Crippen molar-refractivity contribution in [3.05, 3.63) is 11.6 Å². The average molecular weight is 276 g/mol. The minimum absolute atomic E-state index is 0.0377. The smallest absolute Gasteiger partial charge is 0.168 e. The number of hydrogen-bond donors (Lipinski definition) is 1. The minimum atomic E-state index is -1.08. The van der Waals surface area contributed by atoms with Gasteiger partial charge < -0.3 is 5.11 Å². The van der Waals surface area contributed by atoms with E-state index >= 15 is 0 Å². The first-order valence-corrected chi connectivity index (χ1v) is 8.15. The van der Waals surface area contributed by atoms with Crippen LogP contribution in [0.25, 0.3) is 0 Å². The number of aliphatic hydroxyl groups is 1. The molecule has 3 aliphatic carbocycles. The van der Waals surface area contributed by atoms with Crippen molar-refractivity contribution in [3.63, 3.8) is 0 Å². The largest absolute Gasteiger partial charge is 0.381 e. The quantitative estimate of drug-likeness (QED) is 0.777. The molecule has 0 heterocycles. The summed E-state index contributed by atoms with van der Waals surface area (Å²) in [5, 5.41) is 11.3. The van der Waals surface area contributed by atoms with Crippen LogP contribution in [0.3, 0.4) is 0 Å². The zero-order valence-electron chi connectivity index (χ0n) is 13.3. The fourth-order valence-electron chi connectivity index (χ4n) is 5.19. The van der Waals surface area contributed by atoms with Crippen molar-refractivity contribution in [1.29, 1.82) is 0 Å². The van der Waals surface area contributed by atoms with Gasteiger partial charge in [-0.25, -0.2) is 0 Å². The molecule has 0 spiro atoms. The summed E-state index contributed by atoms with van der Waals surface area (Å²) in [5.74, 6) is 0.678. The van der Waals surface area contributed by atoms with Crippen molar-refractivity contribution in [2.45, 2.75) is 71.8 Å². The Kier molecular flexibility index (Phi) is 3.00. The molecule has 0 unspecified atom stereocenters. The molecule has 3 rings (SSSR count). The van der Waals surface area contributed by atoms with Gasteiger partial charge in [-0.15, -0.1) is 0 Å². The van der Waals surface area contributed by atoms with Crippen LogP contribution in [-0.4, -0.2) is 16.5 Å². The number of carbonyl (C=O) groups excluding carboxylic acids is 1. The predicted octanol–water partition coefficient (Wildman–Crippen LogP) is 3.88. The van der Waals surface area contributed by atoms with Crippen LogP contribution in [0, 0.1) is 22.7 Å². The highest BCUT2D eigenvalue weighted by molar-refractivity contribution is 5.91. The van der Waals surface area contributed by atoms with Gasteiger partial charge in [0.25, 0.3) is 0 Å². The Morgan fingerprint density at radius 1 is 1.30 bits per heavy atom. The molecule has 20 heavy (non-hydrogen) atoms. The highest BCUT2D eigenvalue weighted by atomic mass is 16.3. The lowest BCUT2D eigenvalue weighted by Gasteiger charge is -2.45. The summed E-state index contributed by atoms with van der Waals surface area (Å²) in [7, 11) is 0. The molecule has 0 aliphatic heterocycles. The maximum Gasteiger partial charge on any atom is 0.168 e. The third-order valence-electron chi connectivity index (χ3n) is 7.31. The molecule has 2 heteroatoms. The van der Waals surface area contributed by atoms with Crippen molar-refractivity contribution < 1.29 is 9.90 Å². The van der Waals surface area contributed by atoms with Gasteiger partial charge in [-0.3, -0.25) is 4.79 Å². The summed E-state index contributed by atoms with van der Waals surface area (Å²) in [6.07, 6.45) is 7.80. The van der Waals surface area contributed by atoms with Gasteiger partial charge in [0.05, 0.1) is 0 Å². The fraction of sp³-hybridized carbons (Fsp3) is 0.833. The fourth-order valence-corrected chi connectivity index (χ4v) is 5.19. The third kappa shape index (κ3) is 1.57. The van der Waals surface area contributed by atoms with E-state index in [4.69, 9.17) is 0 Å². The second kappa shape index (κ2) is 4.19. The Labute approximate surface area is 122 Å². The maximum absolute atomic E-state index is 13.0. The molecule has 2 saturated carbocycles. The van der Waals surface area contributed by atoms with Gasteiger partial charge in [-0.2, -0.15) is 0 Å². The maximum atomic E-state index is 13.0. The molecule has 112 valence electrons. The molecule has 0 aromatic rings. The minimum Gasteiger partial charge on any atom is -0.381 e. The Morgan fingerprint density at radius 2 is 2.00 bits per heavy atom. The van der Waals surface area contributed by atoms with E-state index in [1.807, 2.05) is 0 Å². The van der Waals surface area contributed by atoms with Gasteiger partial charge in [0, 0.05) is 11.3 Å². The van der Waals surface area contributed by atoms with E-state index in [1.165, 1.54) is 12.0 Å². The molecular formula is C18H28O2. The molecule has 3 aliphatic rings. The summed E-state index contributed by atoms with van der Waals surface area (Å²) >= 11 is 0. The molecule has 0 amide bonds. The normalized spacial score (nSPS) is 46.4. The highest BCUT2D eigenvalue weighted by Gasteiger charge is 2.71. The molecule has 2 fully saturated rings. The van der Waals surface area contributed by atoms with Crippen LogP contribution in [0.1, 0.15) is 66.2 Å². The van der Waals surface area contributed by atoms with Crippen LogP contribution in [0.2, 0.25) is 0 Å². The average Bonchev–Trinajstić information content (AvgIpc) is 2.71. The van der Waals surface area contributed by atoms with E-state index < -0.39 is 5.60 Å². The van der Waals surface area contributed by atoms with Crippen LogP contribution in [0.4, 0.5) is 0 Å². The van der Waals surface area contributed by atoms with Gasteiger partial charge in [-0.1, -0.05) is 32.4 Å². The van der Waals surface area contributed by atoms with Gasteiger partial charge in [0.15, 0.2) is 5.78 Å². The number of allylic oxidation sites excluding steroid dienone is 2. The second-order valence-corrected chi connectivity index (χ2v) is 8.24. The summed E-state index contributed by atoms with van der Waals surface area (Å²) in [4.78, 5) is 13.0. The van der Waals surface area contributed by atoms with Crippen LogP contribution < -0.4 is 0 Å². The van der Waals surface area contributed by atoms with Gasteiger partial charge in [-0.05, 0) is 56.8 Å². The van der Waals surface area contributed by atoms with Crippen LogP contribution in [0.15, 0.2) is 11.6 Å². The number of fused-ring (bicyclic) bond motifs is 2. The molecule has 0 aromatic heterocycles. The van der Waals surface area contributed by atoms with E-state index in [9.17, 15) is 9.90 Å². The van der Waals surface area contributed by atoms with Gasteiger partial charge in [0.2, 0.25) is 0 Å². The second-order valence-electron chi connectivity index (χ2n) is 8.24. The molecule has 0 aromatic carbocycles. The number of ketones is 1. The van der Waals surface area contributed by atoms with Gasteiger partial charge in [0.1, 0.15) is 5.60 Å². The first-order valence-electron chi connectivity index (χ1n) is 8.15. The first kappa shape index (κ1) is 14.3. The summed E-state index contributed by atoms with van der Waals surface area (Å²) in [5.41, 5.74) is 0.152. The third-order valence-corrected chi connectivity index (χ3v) is 7.31. The van der Waals surface area contributed by atoms with Crippen molar-refractivity contribution >= 4 is 5.78 Å². The van der Waals surface area contributed by atoms with E-state index in [1.54, 1.807) is 0 Å². The molecular weight excluding hydrogens is 248 g/mol. The van der Waals surface area contributed by atoms with Crippen LogP contribution in [0.5, 0.6) is 0 Å². The molecule has 0 radical (unpaired) electrons. The lowest BCUT2D eigenvalue weighted by Crippen LogP contribution is -2.55. The molecule has 4 atom stereocenters. The Bertz CT molecular complexity index is 476. The molecule has 2 nitrogen and oxygen atoms in total. The monoisotopic (exact) mass is 276 g/mol. The zero-order valence-corrected chi connectivity index (χ0v) is 13.3. The SMILES string of the molecule is CC1=CC[C@H](C(=O)[C@@]2(O)C[C@H]3CC[C@]2(C)C3(C)C)CC1. The van der Waals surface area contributed by atoms with E-state index in [0.29, 0.717) is 12.3 Å². The zero-order chi connectivity index (χ0) is 14.8.